The summed E-state index contributed by atoms with van der Waals surface area (Å²) in [4.78, 5) is 36.2. The van der Waals surface area contributed by atoms with E-state index in [9.17, 15) is 9.59 Å². The minimum atomic E-state index is -0.156. The first-order valence-corrected chi connectivity index (χ1v) is 9.96. The number of benzene rings is 1. The van der Waals surface area contributed by atoms with Crippen LogP contribution in [0, 0.1) is 5.92 Å². The van der Waals surface area contributed by atoms with Crippen molar-refractivity contribution in [3.05, 3.63) is 64.6 Å². The molecule has 3 aromatic rings. The Morgan fingerprint density at radius 1 is 1.14 bits per heavy atom. The number of carbonyl (C=O) groups is 1. The van der Waals surface area contributed by atoms with E-state index in [-0.39, 0.29) is 23.4 Å². The Morgan fingerprint density at radius 2 is 1.86 bits per heavy atom. The largest absolute Gasteiger partial charge is 0.352 e. The van der Waals surface area contributed by atoms with Gasteiger partial charge in [0.2, 0.25) is 5.91 Å². The molecule has 1 aromatic carbocycles. The maximum absolute atomic E-state index is 12.7. The first-order valence-electron chi connectivity index (χ1n) is 9.96. The van der Waals surface area contributed by atoms with Crippen molar-refractivity contribution in [1.82, 2.24) is 19.9 Å². The van der Waals surface area contributed by atoms with Crippen LogP contribution in [0.5, 0.6) is 0 Å². The number of hydrogen-bond acceptors (Lipinski definition) is 5. The van der Waals surface area contributed by atoms with E-state index in [2.05, 4.69) is 15.3 Å². The molecule has 0 radical (unpaired) electrons. The summed E-state index contributed by atoms with van der Waals surface area (Å²) in [6.45, 7) is 3.26. The quantitative estimate of drug-likeness (QED) is 0.739. The number of rotatable bonds is 4. The van der Waals surface area contributed by atoms with Gasteiger partial charge in [0.25, 0.3) is 5.56 Å². The number of aryl methyl sites for hydroxylation is 1. The van der Waals surface area contributed by atoms with Gasteiger partial charge in [0.05, 0.1) is 6.04 Å². The second-order valence-corrected chi connectivity index (χ2v) is 7.55. The summed E-state index contributed by atoms with van der Waals surface area (Å²) in [5.74, 6) is 0.456. The van der Waals surface area contributed by atoms with Gasteiger partial charge >= 0.3 is 0 Å². The molecule has 29 heavy (non-hydrogen) atoms. The smallest absolute Gasteiger partial charge is 0.294 e. The van der Waals surface area contributed by atoms with E-state index in [1.54, 1.807) is 13.2 Å². The average Bonchev–Trinajstić information content (AvgIpc) is 2.77. The Labute approximate surface area is 169 Å². The highest BCUT2D eigenvalue weighted by Crippen LogP contribution is 2.22. The molecule has 4 rings (SSSR count). The summed E-state index contributed by atoms with van der Waals surface area (Å²) in [5.41, 5.74) is 2.21. The van der Waals surface area contributed by atoms with Gasteiger partial charge in [-0.25, -0.2) is 9.97 Å². The molecule has 1 fully saturated rings. The monoisotopic (exact) mass is 391 g/mol. The van der Waals surface area contributed by atoms with Crippen molar-refractivity contribution >= 4 is 22.9 Å². The van der Waals surface area contributed by atoms with E-state index < -0.39 is 0 Å². The third-order valence-electron chi connectivity index (χ3n) is 5.63. The second-order valence-electron chi connectivity index (χ2n) is 7.55. The van der Waals surface area contributed by atoms with Crippen LogP contribution < -0.4 is 15.8 Å². The van der Waals surface area contributed by atoms with Crippen LogP contribution in [0.15, 0.2) is 53.5 Å². The number of piperidine rings is 1. The molecule has 1 N–H and O–H groups in total. The maximum Gasteiger partial charge on any atom is 0.294 e. The fraction of sp³-hybridized carbons (Fsp3) is 0.364. The van der Waals surface area contributed by atoms with Gasteiger partial charge in [-0.05, 0) is 37.5 Å². The van der Waals surface area contributed by atoms with E-state index in [1.165, 1.54) is 4.57 Å². The molecule has 1 unspecified atom stereocenters. The normalized spacial score (nSPS) is 16.0. The fourth-order valence-corrected chi connectivity index (χ4v) is 3.86. The van der Waals surface area contributed by atoms with Crippen LogP contribution in [0.2, 0.25) is 0 Å². The number of anilines is 1. The lowest BCUT2D eigenvalue weighted by Crippen LogP contribution is -2.43. The van der Waals surface area contributed by atoms with Gasteiger partial charge in [0.1, 0.15) is 5.52 Å². The number of aromatic nitrogens is 3. The summed E-state index contributed by atoms with van der Waals surface area (Å²) in [7, 11) is 1.72. The third kappa shape index (κ3) is 3.85. The summed E-state index contributed by atoms with van der Waals surface area (Å²) >= 11 is 0. The molecule has 1 atom stereocenters. The number of nitrogens with zero attached hydrogens (tertiary/aromatic N) is 4. The van der Waals surface area contributed by atoms with Crippen molar-refractivity contribution < 1.29 is 4.79 Å². The van der Waals surface area contributed by atoms with Crippen molar-refractivity contribution in [3.8, 4) is 0 Å². The van der Waals surface area contributed by atoms with Crippen LogP contribution in [-0.2, 0) is 11.8 Å². The minimum absolute atomic E-state index is 0.0244. The Kier molecular flexibility index (Phi) is 5.29. The van der Waals surface area contributed by atoms with E-state index in [1.807, 2.05) is 54.3 Å². The molecule has 0 aliphatic carbocycles. The average molecular weight is 391 g/mol. The predicted octanol–water partition coefficient (Wildman–Crippen LogP) is 2.42. The minimum Gasteiger partial charge on any atom is -0.352 e. The molecule has 7 nitrogen and oxygen atoms in total. The highest BCUT2D eigenvalue weighted by Gasteiger charge is 2.28. The van der Waals surface area contributed by atoms with Crippen molar-refractivity contribution in [2.75, 3.05) is 18.0 Å². The highest BCUT2D eigenvalue weighted by atomic mass is 16.2. The molecule has 1 aliphatic heterocycles. The van der Waals surface area contributed by atoms with E-state index in [0.29, 0.717) is 42.9 Å². The molecule has 7 heteroatoms. The van der Waals surface area contributed by atoms with Crippen molar-refractivity contribution in [2.24, 2.45) is 13.0 Å². The zero-order valence-electron chi connectivity index (χ0n) is 16.7. The first-order chi connectivity index (χ1) is 14.0. The first kappa shape index (κ1) is 19.1. The second kappa shape index (κ2) is 8.03. The molecule has 1 aliphatic rings. The van der Waals surface area contributed by atoms with Gasteiger partial charge in [0.15, 0.2) is 11.5 Å². The molecule has 150 valence electrons. The lowest BCUT2D eigenvalue weighted by atomic mass is 9.95. The predicted molar refractivity (Wildman–Crippen MR) is 113 cm³/mol. The topological polar surface area (TPSA) is 80.1 Å². The van der Waals surface area contributed by atoms with E-state index >= 15 is 0 Å². The van der Waals surface area contributed by atoms with Gasteiger partial charge in [-0.3, -0.25) is 14.2 Å². The summed E-state index contributed by atoms with van der Waals surface area (Å²) < 4.78 is 1.54. The number of hydrogen-bond donors (Lipinski definition) is 1. The number of pyridine rings is 1. The fourth-order valence-electron chi connectivity index (χ4n) is 3.86. The molecule has 1 saturated heterocycles. The van der Waals surface area contributed by atoms with Gasteiger partial charge in [-0.15, -0.1) is 0 Å². The van der Waals surface area contributed by atoms with Crippen LogP contribution >= 0.6 is 0 Å². The van der Waals surface area contributed by atoms with Crippen LogP contribution in [0.4, 0.5) is 5.82 Å². The SMILES string of the molecule is CC(NC(=O)C1CCN(c2nc3cccnc3n(C)c2=O)CC1)c1ccccc1. The van der Waals surface area contributed by atoms with Crippen LogP contribution in [0.3, 0.4) is 0 Å². The third-order valence-corrected chi connectivity index (χ3v) is 5.63. The Bertz CT molecular complexity index is 1070. The van der Waals surface area contributed by atoms with E-state index in [4.69, 9.17) is 0 Å². The lowest BCUT2D eigenvalue weighted by Gasteiger charge is -2.32. The molecule has 0 bridgehead atoms. The molecular formula is C22H25N5O2. The lowest BCUT2D eigenvalue weighted by molar-refractivity contribution is -0.126. The van der Waals surface area contributed by atoms with Gasteiger partial charge in [0, 0.05) is 32.3 Å². The van der Waals surface area contributed by atoms with Crippen LogP contribution in [0.25, 0.3) is 11.2 Å². The van der Waals surface area contributed by atoms with Crippen LogP contribution in [0.1, 0.15) is 31.4 Å². The van der Waals surface area contributed by atoms with Crippen LogP contribution in [-0.4, -0.2) is 33.5 Å². The van der Waals surface area contributed by atoms with Gasteiger partial charge in [-0.2, -0.15) is 0 Å². The summed E-state index contributed by atoms with van der Waals surface area (Å²) in [6.07, 6.45) is 3.05. The number of nitrogens with one attached hydrogen (secondary N) is 1. The Morgan fingerprint density at radius 3 is 2.59 bits per heavy atom. The standard InChI is InChI=1S/C22H25N5O2/c1-15(16-7-4-3-5-8-16)24-21(28)17-10-13-27(14-11-17)20-22(29)26(2)19-18(25-20)9-6-12-23-19/h3-9,12,15,17H,10-11,13-14H2,1-2H3,(H,24,28). The van der Waals surface area contributed by atoms with Gasteiger partial charge < -0.3 is 10.2 Å². The van der Waals surface area contributed by atoms with Crippen molar-refractivity contribution in [2.45, 2.75) is 25.8 Å². The van der Waals surface area contributed by atoms with Crippen molar-refractivity contribution in [3.63, 3.8) is 0 Å². The maximum atomic E-state index is 12.7. The number of amides is 1. The molecule has 0 spiro atoms. The molecular weight excluding hydrogens is 366 g/mol. The molecule has 3 heterocycles. The van der Waals surface area contributed by atoms with Gasteiger partial charge in [-0.1, -0.05) is 30.3 Å². The number of carbonyl (C=O) groups excluding carboxylic acids is 1. The molecule has 0 saturated carbocycles. The molecule has 2 aromatic heterocycles. The van der Waals surface area contributed by atoms with Crippen molar-refractivity contribution in [1.29, 1.82) is 0 Å². The summed E-state index contributed by atoms with van der Waals surface area (Å²) in [6, 6.07) is 13.6. The van der Waals surface area contributed by atoms with E-state index in [0.717, 1.165) is 5.56 Å². The zero-order valence-corrected chi connectivity index (χ0v) is 16.7. The number of fused-ring (bicyclic) bond motifs is 1. The summed E-state index contributed by atoms with van der Waals surface area (Å²) in [5, 5.41) is 3.12. The highest BCUT2D eigenvalue weighted by molar-refractivity contribution is 5.79. The Balaban J connectivity index is 1.43. The molecule has 1 amide bonds. The zero-order chi connectivity index (χ0) is 20.4. The Hall–Kier alpha value is -3.22.